The van der Waals surface area contributed by atoms with Gasteiger partial charge in [0.25, 0.3) is 0 Å². The van der Waals surface area contributed by atoms with E-state index in [2.05, 4.69) is 5.32 Å². The summed E-state index contributed by atoms with van der Waals surface area (Å²) in [7, 11) is 0. The molecule has 132 valence electrons. The topological polar surface area (TPSA) is 75.6 Å². The summed E-state index contributed by atoms with van der Waals surface area (Å²) in [6.07, 6.45) is 0.753. The first-order valence-corrected chi connectivity index (χ1v) is 8.25. The highest BCUT2D eigenvalue weighted by molar-refractivity contribution is 5.90. The lowest BCUT2D eigenvalue weighted by Gasteiger charge is -2.11. The zero-order valence-electron chi connectivity index (χ0n) is 14.5. The van der Waals surface area contributed by atoms with E-state index in [1.165, 1.54) is 0 Å². The molecule has 0 saturated carbocycles. The van der Waals surface area contributed by atoms with Gasteiger partial charge in [-0.05, 0) is 55.2 Å². The molecule has 0 fully saturated rings. The van der Waals surface area contributed by atoms with Gasteiger partial charge < -0.3 is 15.2 Å². The summed E-state index contributed by atoms with van der Waals surface area (Å²) in [6.45, 7) is 4.31. The molecule has 0 atom stereocenters. The van der Waals surface area contributed by atoms with Crippen LogP contribution in [0.3, 0.4) is 0 Å². The first-order valence-electron chi connectivity index (χ1n) is 8.25. The Morgan fingerprint density at radius 3 is 2.60 bits per heavy atom. The molecule has 0 aliphatic rings. The van der Waals surface area contributed by atoms with E-state index in [1.54, 1.807) is 18.2 Å². The molecular formula is C20H23NO4. The van der Waals surface area contributed by atoms with Gasteiger partial charge in [-0.25, -0.2) is 0 Å². The summed E-state index contributed by atoms with van der Waals surface area (Å²) in [4.78, 5) is 22.7. The fourth-order valence-electron chi connectivity index (χ4n) is 2.41. The Balaban J connectivity index is 1.83. The van der Waals surface area contributed by atoms with Crippen molar-refractivity contribution >= 4 is 17.6 Å². The minimum absolute atomic E-state index is 0.0705. The molecule has 5 heteroatoms. The maximum atomic E-state index is 12.0. The Morgan fingerprint density at radius 1 is 1.08 bits per heavy atom. The number of aliphatic carboxylic acids is 1. The minimum Gasteiger partial charge on any atom is -0.493 e. The van der Waals surface area contributed by atoms with E-state index >= 15 is 0 Å². The van der Waals surface area contributed by atoms with Crippen molar-refractivity contribution in [1.82, 2.24) is 0 Å². The van der Waals surface area contributed by atoms with Crippen LogP contribution >= 0.6 is 0 Å². The molecule has 2 rings (SSSR count). The molecule has 0 bridgehead atoms. The molecule has 1 amide bonds. The summed E-state index contributed by atoms with van der Waals surface area (Å²) in [6, 6.07) is 13.1. The Morgan fingerprint density at radius 2 is 1.84 bits per heavy atom. The third-order valence-corrected chi connectivity index (χ3v) is 3.98. The van der Waals surface area contributed by atoms with Crippen LogP contribution < -0.4 is 10.1 Å². The van der Waals surface area contributed by atoms with Crippen LogP contribution in [0.1, 0.15) is 29.5 Å². The average Bonchev–Trinajstić information content (AvgIpc) is 2.57. The number of amides is 1. The largest absolute Gasteiger partial charge is 0.493 e. The monoisotopic (exact) mass is 341 g/mol. The van der Waals surface area contributed by atoms with Crippen molar-refractivity contribution in [3.8, 4) is 5.75 Å². The normalized spacial score (nSPS) is 10.3. The van der Waals surface area contributed by atoms with Crippen LogP contribution in [0.15, 0.2) is 42.5 Å². The molecule has 5 nitrogen and oxygen atoms in total. The molecule has 2 N–H and O–H groups in total. The number of hydrogen-bond acceptors (Lipinski definition) is 3. The molecule has 25 heavy (non-hydrogen) atoms. The van der Waals surface area contributed by atoms with Crippen LogP contribution in [0.2, 0.25) is 0 Å². The maximum Gasteiger partial charge on any atom is 0.303 e. The second-order valence-corrected chi connectivity index (χ2v) is 5.94. The number of carboxylic acid groups (broad SMARTS) is 1. The van der Waals surface area contributed by atoms with Gasteiger partial charge in [0.1, 0.15) is 5.75 Å². The lowest BCUT2D eigenvalue weighted by Crippen LogP contribution is -2.15. The van der Waals surface area contributed by atoms with E-state index < -0.39 is 5.97 Å². The highest BCUT2D eigenvalue weighted by atomic mass is 16.5. The van der Waals surface area contributed by atoms with Gasteiger partial charge in [0, 0.05) is 12.1 Å². The van der Waals surface area contributed by atoms with Crippen molar-refractivity contribution in [3.63, 3.8) is 0 Å². The van der Waals surface area contributed by atoms with Gasteiger partial charge in [-0.2, -0.15) is 0 Å². The summed E-state index contributed by atoms with van der Waals surface area (Å²) < 4.78 is 5.69. The Labute approximate surface area is 147 Å². The highest BCUT2D eigenvalue weighted by Crippen LogP contribution is 2.20. The van der Waals surface area contributed by atoms with Crippen molar-refractivity contribution < 1.29 is 19.4 Å². The number of hydrogen-bond donors (Lipinski definition) is 2. The zero-order valence-corrected chi connectivity index (χ0v) is 14.5. The van der Waals surface area contributed by atoms with Crippen LogP contribution in [0, 0.1) is 13.8 Å². The predicted octanol–water partition coefficient (Wildman–Crippen LogP) is 3.73. The number of rotatable bonds is 8. The predicted molar refractivity (Wildman–Crippen MR) is 97.1 cm³/mol. The van der Waals surface area contributed by atoms with E-state index in [0.29, 0.717) is 18.7 Å². The first-order chi connectivity index (χ1) is 12.0. The molecule has 0 saturated heterocycles. The first kappa shape index (κ1) is 18.5. The minimum atomic E-state index is -0.835. The molecule has 0 unspecified atom stereocenters. The molecule has 0 radical (unpaired) electrons. The summed E-state index contributed by atoms with van der Waals surface area (Å²) in [5.74, 6) is -0.179. The van der Waals surface area contributed by atoms with Crippen LogP contribution in [0.4, 0.5) is 5.69 Å². The number of nitrogens with one attached hydrogen (secondary N) is 1. The number of anilines is 1. The average molecular weight is 341 g/mol. The van der Waals surface area contributed by atoms with E-state index in [1.807, 2.05) is 38.1 Å². The Hall–Kier alpha value is -2.82. The van der Waals surface area contributed by atoms with Gasteiger partial charge >= 0.3 is 5.97 Å². The van der Waals surface area contributed by atoms with Gasteiger partial charge in [0.15, 0.2) is 0 Å². The third-order valence-electron chi connectivity index (χ3n) is 3.98. The van der Waals surface area contributed by atoms with E-state index in [4.69, 9.17) is 9.84 Å². The lowest BCUT2D eigenvalue weighted by molar-refractivity contribution is -0.137. The van der Waals surface area contributed by atoms with Gasteiger partial charge in [-0.3, -0.25) is 9.59 Å². The molecule has 0 aliphatic heterocycles. The highest BCUT2D eigenvalue weighted by Gasteiger charge is 2.06. The molecule has 2 aromatic carbocycles. The maximum absolute atomic E-state index is 12.0. The Kier molecular flexibility index (Phi) is 6.57. The SMILES string of the molecule is Cc1cccc(OCCC(=O)Nc2cccc(CCC(=O)O)c2)c1C. The molecule has 2 aromatic rings. The Bertz CT molecular complexity index is 755. The number of carboxylic acids is 1. The smallest absolute Gasteiger partial charge is 0.303 e. The molecule has 0 aromatic heterocycles. The summed E-state index contributed by atoms with van der Waals surface area (Å²) in [5.41, 5.74) is 3.78. The van der Waals surface area contributed by atoms with E-state index in [9.17, 15) is 9.59 Å². The van der Waals surface area contributed by atoms with Gasteiger partial charge in [-0.15, -0.1) is 0 Å². The van der Waals surface area contributed by atoms with Gasteiger partial charge in [0.2, 0.25) is 5.91 Å². The van der Waals surface area contributed by atoms with Crippen molar-refractivity contribution in [2.24, 2.45) is 0 Å². The van der Waals surface area contributed by atoms with Crippen molar-refractivity contribution in [3.05, 3.63) is 59.2 Å². The molecular weight excluding hydrogens is 318 g/mol. The summed E-state index contributed by atoms with van der Waals surface area (Å²) >= 11 is 0. The van der Waals surface area contributed by atoms with Crippen molar-refractivity contribution in [1.29, 1.82) is 0 Å². The quantitative estimate of drug-likeness (QED) is 0.767. The fraction of sp³-hybridized carbons (Fsp3) is 0.300. The zero-order chi connectivity index (χ0) is 18.2. The van der Waals surface area contributed by atoms with E-state index in [-0.39, 0.29) is 18.7 Å². The van der Waals surface area contributed by atoms with Crippen molar-refractivity contribution in [2.45, 2.75) is 33.1 Å². The van der Waals surface area contributed by atoms with Crippen LogP contribution in [-0.4, -0.2) is 23.6 Å². The lowest BCUT2D eigenvalue weighted by atomic mass is 10.1. The van der Waals surface area contributed by atoms with E-state index in [0.717, 1.165) is 22.4 Å². The van der Waals surface area contributed by atoms with Crippen LogP contribution in [0.5, 0.6) is 5.75 Å². The fourth-order valence-corrected chi connectivity index (χ4v) is 2.41. The van der Waals surface area contributed by atoms with Gasteiger partial charge in [-0.1, -0.05) is 24.3 Å². The van der Waals surface area contributed by atoms with Crippen molar-refractivity contribution in [2.75, 3.05) is 11.9 Å². The second kappa shape index (κ2) is 8.87. The number of ether oxygens (including phenoxy) is 1. The molecule has 0 aliphatic carbocycles. The second-order valence-electron chi connectivity index (χ2n) is 5.94. The molecule has 0 heterocycles. The summed E-state index contributed by atoms with van der Waals surface area (Å²) in [5, 5.41) is 11.5. The van der Waals surface area contributed by atoms with Crippen LogP contribution in [-0.2, 0) is 16.0 Å². The number of carbonyl (C=O) groups is 2. The number of benzene rings is 2. The number of aryl methyl sites for hydroxylation is 2. The third kappa shape index (κ3) is 5.95. The number of carbonyl (C=O) groups excluding carboxylic acids is 1. The standard InChI is InChI=1S/C20H23NO4/c1-14-5-3-8-18(15(14)2)25-12-11-19(22)21-17-7-4-6-16(13-17)9-10-20(23)24/h3-8,13H,9-12H2,1-2H3,(H,21,22)(H,23,24). The van der Waals surface area contributed by atoms with Gasteiger partial charge in [0.05, 0.1) is 13.0 Å². The van der Waals surface area contributed by atoms with Crippen LogP contribution in [0.25, 0.3) is 0 Å². The molecule has 0 spiro atoms.